The molecule has 0 radical (unpaired) electrons. The van der Waals surface area contributed by atoms with E-state index < -0.39 is 0 Å². The van der Waals surface area contributed by atoms with E-state index in [9.17, 15) is 0 Å². The molecular formula is C9H16N2OS. The van der Waals surface area contributed by atoms with Gasteiger partial charge in [0.1, 0.15) is 0 Å². The molecule has 1 saturated heterocycles. The van der Waals surface area contributed by atoms with Crippen LogP contribution in [0.1, 0.15) is 19.3 Å². The SMILES string of the molecule is C1CN=C(NC2CCOCC2)SC1. The van der Waals surface area contributed by atoms with Crippen molar-refractivity contribution in [2.45, 2.75) is 25.3 Å². The summed E-state index contributed by atoms with van der Waals surface area (Å²) in [6.45, 7) is 2.80. The minimum Gasteiger partial charge on any atom is -0.381 e. The minimum absolute atomic E-state index is 0.595. The lowest BCUT2D eigenvalue weighted by Crippen LogP contribution is -2.38. The van der Waals surface area contributed by atoms with Gasteiger partial charge < -0.3 is 10.1 Å². The second-order valence-electron chi connectivity index (χ2n) is 3.42. The second-order valence-corrected chi connectivity index (χ2v) is 4.50. The first-order chi connectivity index (χ1) is 6.45. The van der Waals surface area contributed by atoms with E-state index in [1.165, 1.54) is 12.2 Å². The Kier molecular flexibility index (Phi) is 3.49. The zero-order valence-electron chi connectivity index (χ0n) is 7.79. The fourth-order valence-corrected chi connectivity index (χ4v) is 2.46. The maximum atomic E-state index is 5.30. The number of rotatable bonds is 1. The van der Waals surface area contributed by atoms with E-state index in [1.54, 1.807) is 0 Å². The van der Waals surface area contributed by atoms with E-state index in [0.717, 1.165) is 37.8 Å². The van der Waals surface area contributed by atoms with E-state index >= 15 is 0 Å². The summed E-state index contributed by atoms with van der Waals surface area (Å²) in [5.41, 5.74) is 0. The molecule has 0 unspecified atom stereocenters. The molecule has 3 nitrogen and oxygen atoms in total. The Morgan fingerprint density at radius 2 is 2.23 bits per heavy atom. The molecule has 2 aliphatic rings. The molecule has 13 heavy (non-hydrogen) atoms. The normalized spacial score (nSPS) is 25.4. The molecule has 2 aliphatic heterocycles. The van der Waals surface area contributed by atoms with Crippen molar-refractivity contribution in [2.75, 3.05) is 25.5 Å². The van der Waals surface area contributed by atoms with Crippen molar-refractivity contribution >= 4 is 16.9 Å². The molecule has 0 saturated carbocycles. The zero-order valence-corrected chi connectivity index (χ0v) is 8.61. The molecule has 0 aliphatic carbocycles. The highest BCUT2D eigenvalue weighted by atomic mass is 32.2. The molecule has 0 aromatic heterocycles. The van der Waals surface area contributed by atoms with Crippen LogP contribution in [0.15, 0.2) is 4.99 Å². The van der Waals surface area contributed by atoms with Crippen LogP contribution in [0.25, 0.3) is 0 Å². The number of nitrogens with zero attached hydrogens (tertiary/aromatic N) is 1. The molecule has 0 atom stereocenters. The Balaban J connectivity index is 1.78. The van der Waals surface area contributed by atoms with Gasteiger partial charge in [-0.15, -0.1) is 0 Å². The van der Waals surface area contributed by atoms with Crippen molar-refractivity contribution in [1.82, 2.24) is 5.32 Å². The predicted molar refractivity (Wildman–Crippen MR) is 56.4 cm³/mol. The van der Waals surface area contributed by atoms with Crippen LogP contribution >= 0.6 is 11.8 Å². The smallest absolute Gasteiger partial charge is 0.156 e. The van der Waals surface area contributed by atoms with Crippen molar-refractivity contribution in [1.29, 1.82) is 0 Å². The van der Waals surface area contributed by atoms with Crippen LogP contribution < -0.4 is 5.32 Å². The quantitative estimate of drug-likeness (QED) is 0.691. The molecule has 0 amide bonds. The molecule has 0 spiro atoms. The zero-order chi connectivity index (χ0) is 8.93. The average molecular weight is 200 g/mol. The lowest BCUT2D eigenvalue weighted by atomic mass is 10.1. The van der Waals surface area contributed by atoms with Gasteiger partial charge in [-0.3, -0.25) is 4.99 Å². The summed E-state index contributed by atoms with van der Waals surface area (Å²) in [6, 6.07) is 0.595. The molecule has 4 heteroatoms. The van der Waals surface area contributed by atoms with Crippen molar-refractivity contribution in [3.63, 3.8) is 0 Å². The minimum atomic E-state index is 0.595. The maximum absolute atomic E-state index is 5.30. The van der Waals surface area contributed by atoms with Gasteiger partial charge in [0, 0.05) is 31.6 Å². The Morgan fingerprint density at radius 3 is 2.92 bits per heavy atom. The van der Waals surface area contributed by atoms with Crippen LogP contribution in [-0.2, 0) is 4.74 Å². The number of nitrogens with one attached hydrogen (secondary N) is 1. The largest absolute Gasteiger partial charge is 0.381 e. The maximum Gasteiger partial charge on any atom is 0.156 e. The van der Waals surface area contributed by atoms with Gasteiger partial charge in [0.05, 0.1) is 0 Å². The van der Waals surface area contributed by atoms with Crippen LogP contribution in [0.2, 0.25) is 0 Å². The van der Waals surface area contributed by atoms with Crippen LogP contribution in [0, 0.1) is 0 Å². The summed E-state index contributed by atoms with van der Waals surface area (Å²) in [6.07, 6.45) is 3.47. The number of thioether (sulfide) groups is 1. The molecule has 1 N–H and O–H groups in total. The molecule has 0 bridgehead atoms. The summed E-state index contributed by atoms with van der Waals surface area (Å²) >= 11 is 1.85. The number of amidine groups is 1. The van der Waals surface area contributed by atoms with Crippen LogP contribution in [0.4, 0.5) is 0 Å². The highest BCUT2D eigenvalue weighted by molar-refractivity contribution is 8.13. The molecule has 0 aromatic carbocycles. The van der Waals surface area contributed by atoms with E-state index in [4.69, 9.17) is 4.74 Å². The molecule has 74 valence electrons. The monoisotopic (exact) mass is 200 g/mol. The van der Waals surface area contributed by atoms with Crippen molar-refractivity contribution < 1.29 is 4.74 Å². The second kappa shape index (κ2) is 4.86. The number of ether oxygens (including phenoxy) is 1. The fraction of sp³-hybridized carbons (Fsp3) is 0.889. The van der Waals surface area contributed by atoms with E-state index in [0.29, 0.717) is 6.04 Å². The number of hydrogen-bond donors (Lipinski definition) is 1. The summed E-state index contributed by atoms with van der Waals surface area (Å²) in [4.78, 5) is 4.45. The van der Waals surface area contributed by atoms with Crippen molar-refractivity contribution in [3.8, 4) is 0 Å². The van der Waals surface area contributed by atoms with E-state index in [-0.39, 0.29) is 0 Å². The first-order valence-electron chi connectivity index (χ1n) is 4.97. The highest BCUT2D eigenvalue weighted by Gasteiger charge is 2.15. The van der Waals surface area contributed by atoms with Gasteiger partial charge >= 0.3 is 0 Å². The predicted octanol–water partition coefficient (Wildman–Crippen LogP) is 1.25. The van der Waals surface area contributed by atoms with Gasteiger partial charge in [0.15, 0.2) is 5.17 Å². The Bertz CT molecular complexity index is 190. The van der Waals surface area contributed by atoms with Gasteiger partial charge in [0.25, 0.3) is 0 Å². The number of hydrogen-bond acceptors (Lipinski definition) is 4. The molecule has 2 rings (SSSR count). The first-order valence-corrected chi connectivity index (χ1v) is 5.95. The van der Waals surface area contributed by atoms with Crippen LogP contribution in [0.3, 0.4) is 0 Å². The summed E-state index contributed by atoms with van der Waals surface area (Å²) < 4.78 is 5.30. The van der Waals surface area contributed by atoms with Gasteiger partial charge in [0.2, 0.25) is 0 Å². The molecule has 2 heterocycles. The third-order valence-corrected chi connectivity index (χ3v) is 3.36. The lowest BCUT2D eigenvalue weighted by Gasteiger charge is -2.25. The standard InChI is InChI=1S/C9H16N2OS/c1-4-10-9(13-7-1)11-8-2-5-12-6-3-8/h8H,1-7H2,(H,10,11). The number of aliphatic imine (C=N–C) groups is 1. The van der Waals surface area contributed by atoms with Crippen LogP contribution in [-0.4, -0.2) is 36.7 Å². The van der Waals surface area contributed by atoms with E-state index in [2.05, 4.69) is 10.3 Å². The van der Waals surface area contributed by atoms with Crippen molar-refractivity contribution in [2.24, 2.45) is 4.99 Å². The average Bonchev–Trinajstić information content (AvgIpc) is 2.21. The van der Waals surface area contributed by atoms with Gasteiger partial charge in [-0.25, -0.2) is 0 Å². The van der Waals surface area contributed by atoms with E-state index in [1.807, 2.05) is 11.8 Å². The molecule has 0 aromatic rings. The van der Waals surface area contributed by atoms with Gasteiger partial charge in [-0.05, 0) is 19.3 Å². The Hall–Kier alpha value is -0.220. The summed E-state index contributed by atoms with van der Waals surface area (Å²) in [5, 5.41) is 4.64. The Morgan fingerprint density at radius 1 is 1.38 bits per heavy atom. The van der Waals surface area contributed by atoms with Crippen LogP contribution in [0.5, 0.6) is 0 Å². The molecular weight excluding hydrogens is 184 g/mol. The third-order valence-electron chi connectivity index (χ3n) is 2.35. The topological polar surface area (TPSA) is 33.6 Å². The van der Waals surface area contributed by atoms with Crippen molar-refractivity contribution in [3.05, 3.63) is 0 Å². The lowest BCUT2D eigenvalue weighted by molar-refractivity contribution is 0.0826. The fourth-order valence-electron chi connectivity index (χ4n) is 1.56. The van der Waals surface area contributed by atoms with Gasteiger partial charge in [-0.2, -0.15) is 0 Å². The highest BCUT2D eigenvalue weighted by Crippen LogP contribution is 2.13. The first kappa shape index (κ1) is 9.34. The summed E-state index contributed by atoms with van der Waals surface area (Å²) in [5.74, 6) is 1.22. The molecule has 1 fully saturated rings. The Labute approximate surface area is 83.3 Å². The third kappa shape index (κ3) is 2.88. The van der Waals surface area contributed by atoms with Gasteiger partial charge in [-0.1, -0.05) is 11.8 Å². The summed E-state index contributed by atoms with van der Waals surface area (Å²) in [7, 11) is 0.